The Balaban J connectivity index is 1.72. The van der Waals surface area contributed by atoms with Crippen molar-refractivity contribution in [1.29, 1.82) is 0 Å². The van der Waals surface area contributed by atoms with E-state index in [0.717, 1.165) is 23.6 Å². The first-order valence-corrected chi connectivity index (χ1v) is 9.69. The maximum atomic E-state index is 13.3. The number of hydrogen-bond donors (Lipinski definition) is 0. The molecule has 8 heteroatoms. The Kier molecular flexibility index (Phi) is 5.22. The quantitative estimate of drug-likeness (QED) is 0.486. The highest BCUT2D eigenvalue weighted by atomic mass is 16.5. The van der Waals surface area contributed by atoms with Crippen LogP contribution < -0.4 is 4.74 Å². The smallest absolute Gasteiger partial charge is 0.259 e. The summed E-state index contributed by atoms with van der Waals surface area (Å²) in [5, 5.41) is 9.11. The number of pyridine rings is 1. The minimum atomic E-state index is -0.144. The van der Waals surface area contributed by atoms with E-state index >= 15 is 0 Å². The highest BCUT2D eigenvalue weighted by molar-refractivity contribution is 6.06. The predicted molar refractivity (Wildman–Crippen MR) is 112 cm³/mol. The number of methoxy groups -OCH3 is 1. The Labute approximate surface area is 174 Å². The second-order valence-corrected chi connectivity index (χ2v) is 7.06. The molecule has 0 bridgehead atoms. The molecular weight excluding hydrogens is 382 g/mol. The van der Waals surface area contributed by atoms with Gasteiger partial charge in [-0.15, -0.1) is 0 Å². The van der Waals surface area contributed by atoms with Crippen molar-refractivity contribution in [1.82, 2.24) is 24.8 Å². The third-order valence-corrected chi connectivity index (χ3v) is 5.00. The molecule has 0 saturated carbocycles. The molecule has 0 atom stereocenters. The van der Waals surface area contributed by atoms with Crippen LogP contribution in [0.3, 0.4) is 0 Å². The number of carbonyl (C=O) groups is 1. The van der Waals surface area contributed by atoms with E-state index in [1.54, 1.807) is 32.0 Å². The Morgan fingerprint density at radius 1 is 1.23 bits per heavy atom. The monoisotopic (exact) mass is 405 g/mol. The normalized spacial score (nSPS) is 11.1. The van der Waals surface area contributed by atoms with Crippen LogP contribution in [0, 0.1) is 6.92 Å². The molecule has 0 aliphatic heterocycles. The number of rotatable bonds is 6. The highest BCUT2D eigenvalue weighted by Crippen LogP contribution is 2.29. The number of amides is 1. The molecule has 0 unspecified atom stereocenters. The number of hydrogen-bond acceptors (Lipinski definition) is 6. The van der Waals surface area contributed by atoms with E-state index in [1.165, 1.54) is 0 Å². The van der Waals surface area contributed by atoms with Crippen LogP contribution >= 0.6 is 0 Å². The van der Waals surface area contributed by atoms with Crippen molar-refractivity contribution in [2.75, 3.05) is 14.2 Å². The third-order valence-electron chi connectivity index (χ3n) is 5.00. The summed E-state index contributed by atoms with van der Waals surface area (Å²) in [6.07, 6.45) is 1.91. The van der Waals surface area contributed by atoms with Gasteiger partial charge in [0.1, 0.15) is 5.75 Å². The molecule has 0 saturated heterocycles. The number of nitrogens with zero attached hydrogens (tertiary/aromatic N) is 5. The molecular formula is C22H23N5O3. The van der Waals surface area contributed by atoms with E-state index in [9.17, 15) is 4.79 Å². The summed E-state index contributed by atoms with van der Waals surface area (Å²) in [5.41, 5.74) is 3.79. The standard InChI is InChI=1S/C22H23N5O3/c1-5-27-11-10-16(24-27)13-26(3)22(28)18-12-19(15-6-8-17(29-4)9-7-15)23-21-20(18)14(2)25-30-21/h6-12H,5,13H2,1-4H3. The maximum absolute atomic E-state index is 13.3. The van der Waals surface area contributed by atoms with Crippen LogP contribution in [0.4, 0.5) is 0 Å². The number of fused-ring (bicyclic) bond motifs is 1. The molecule has 0 radical (unpaired) electrons. The van der Waals surface area contributed by atoms with Gasteiger partial charge in [0.05, 0.1) is 41.7 Å². The van der Waals surface area contributed by atoms with Gasteiger partial charge in [-0.05, 0) is 50.2 Å². The molecule has 4 aromatic rings. The fraction of sp³-hybridized carbons (Fsp3) is 0.273. The average Bonchev–Trinajstić information content (AvgIpc) is 3.39. The predicted octanol–water partition coefficient (Wildman–Crippen LogP) is 3.70. The summed E-state index contributed by atoms with van der Waals surface area (Å²) in [7, 11) is 3.38. The molecule has 3 heterocycles. The molecule has 3 aromatic heterocycles. The second-order valence-electron chi connectivity index (χ2n) is 7.06. The zero-order valence-corrected chi connectivity index (χ0v) is 17.4. The van der Waals surface area contributed by atoms with Crippen LogP contribution in [0.1, 0.15) is 28.7 Å². The molecule has 154 valence electrons. The van der Waals surface area contributed by atoms with Gasteiger partial charge >= 0.3 is 0 Å². The van der Waals surface area contributed by atoms with E-state index in [0.29, 0.717) is 34.6 Å². The number of ether oxygens (including phenoxy) is 1. The fourth-order valence-corrected chi connectivity index (χ4v) is 3.36. The molecule has 0 spiro atoms. The van der Waals surface area contributed by atoms with Crippen LogP contribution in [-0.4, -0.2) is 44.9 Å². The number of aryl methyl sites for hydroxylation is 2. The van der Waals surface area contributed by atoms with Crippen LogP contribution in [0.15, 0.2) is 47.1 Å². The number of aromatic nitrogens is 4. The van der Waals surface area contributed by atoms with E-state index < -0.39 is 0 Å². The first-order chi connectivity index (χ1) is 14.5. The van der Waals surface area contributed by atoms with Gasteiger partial charge in [0.25, 0.3) is 11.6 Å². The van der Waals surface area contributed by atoms with E-state index in [1.807, 2.05) is 48.1 Å². The van der Waals surface area contributed by atoms with Crippen LogP contribution in [-0.2, 0) is 13.1 Å². The Bertz CT molecular complexity index is 1190. The molecule has 1 amide bonds. The minimum Gasteiger partial charge on any atom is -0.497 e. The maximum Gasteiger partial charge on any atom is 0.259 e. The molecule has 1 aromatic carbocycles. The molecule has 8 nitrogen and oxygen atoms in total. The summed E-state index contributed by atoms with van der Waals surface area (Å²) >= 11 is 0. The zero-order valence-electron chi connectivity index (χ0n) is 17.4. The molecule has 0 fully saturated rings. The van der Waals surface area contributed by atoms with Crippen LogP contribution in [0.25, 0.3) is 22.4 Å². The second kappa shape index (κ2) is 7.98. The summed E-state index contributed by atoms with van der Waals surface area (Å²) in [4.78, 5) is 19.6. The molecule has 4 rings (SSSR count). The van der Waals surface area contributed by atoms with Gasteiger partial charge < -0.3 is 14.2 Å². The van der Waals surface area contributed by atoms with Crippen molar-refractivity contribution in [3.63, 3.8) is 0 Å². The summed E-state index contributed by atoms with van der Waals surface area (Å²) in [6, 6.07) is 11.2. The van der Waals surface area contributed by atoms with Gasteiger partial charge in [-0.1, -0.05) is 5.16 Å². The lowest BCUT2D eigenvalue weighted by molar-refractivity contribution is 0.0785. The summed E-state index contributed by atoms with van der Waals surface area (Å²) in [6.45, 7) is 5.01. The van der Waals surface area contributed by atoms with Crippen molar-refractivity contribution < 1.29 is 14.1 Å². The van der Waals surface area contributed by atoms with Gasteiger partial charge in [0.15, 0.2) is 0 Å². The lowest BCUT2D eigenvalue weighted by Crippen LogP contribution is -2.27. The SMILES string of the molecule is CCn1ccc(CN(C)C(=O)c2cc(-c3ccc(OC)cc3)nc3onc(C)c23)n1. The third kappa shape index (κ3) is 3.63. The van der Waals surface area contributed by atoms with Crippen LogP contribution in [0.2, 0.25) is 0 Å². The lowest BCUT2D eigenvalue weighted by Gasteiger charge is -2.17. The molecule has 0 N–H and O–H groups in total. The number of benzene rings is 1. The van der Waals surface area contributed by atoms with Crippen molar-refractivity contribution in [3.05, 3.63) is 59.5 Å². The van der Waals surface area contributed by atoms with Crippen molar-refractivity contribution in [3.8, 4) is 17.0 Å². The fourth-order valence-electron chi connectivity index (χ4n) is 3.36. The van der Waals surface area contributed by atoms with Crippen LogP contribution in [0.5, 0.6) is 5.75 Å². The average molecular weight is 405 g/mol. The van der Waals surface area contributed by atoms with Gasteiger partial charge in [0, 0.05) is 25.4 Å². The zero-order chi connectivity index (χ0) is 21.3. The van der Waals surface area contributed by atoms with E-state index in [4.69, 9.17) is 9.26 Å². The van der Waals surface area contributed by atoms with Crippen molar-refractivity contribution in [2.45, 2.75) is 26.9 Å². The highest BCUT2D eigenvalue weighted by Gasteiger charge is 2.22. The Morgan fingerprint density at radius 3 is 2.67 bits per heavy atom. The van der Waals surface area contributed by atoms with Gasteiger partial charge in [0.2, 0.25) is 0 Å². The Morgan fingerprint density at radius 2 is 2.00 bits per heavy atom. The topological polar surface area (TPSA) is 86.3 Å². The lowest BCUT2D eigenvalue weighted by atomic mass is 10.0. The number of carbonyl (C=O) groups excluding carboxylic acids is 1. The summed E-state index contributed by atoms with van der Waals surface area (Å²) < 4.78 is 12.4. The van der Waals surface area contributed by atoms with Crippen molar-refractivity contribution >= 4 is 17.0 Å². The summed E-state index contributed by atoms with van der Waals surface area (Å²) in [5.74, 6) is 0.604. The molecule has 0 aliphatic carbocycles. The van der Waals surface area contributed by atoms with Gasteiger partial charge in [-0.25, -0.2) is 4.98 Å². The Hall–Kier alpha value is -3.68. The first-order valence-electron chi connectivity index (χ1n) is 9.69. The van der Waals surface area contributed by atoms with Crippen molar-refractivity contribution in [2.24, 2.45) is 0 Å². The largest absolute Gasteiger partial charge is 0.497 e. The van der Waals surface area contributed by atoms with E-state index in [-0.39, 0.29) is 5.91 Å². The van der Waals surface area contributed by atoms with Gasteiger partial charge in [-0.3, -0.25) is 9.48 Å². The molecule has 0 aliphatic rings. The minimum absolute atomic E-state index is 0.144. The van der Waals surface area contributed by atoms with Gasteiger partial charge in [-0.2, -0.15) is 5.10 Å². The first kappa shape index (κ1) is 19.6. The van der Waals surface area contributed by atoms with E-state index in [2.05, 4.69) is 15.2 Å². The molecule has 30 heavy (non-hydrogen) atoms.